The van der Waals surface area contributed by atoms with E-state index in [4.69, 9.17) is 4.74 Å². The number of piperazine rings is 1. The Morgan fingerprint density at radius 2 is 1.94 bits per heavy atom. The third-order valence-corrected chi connectivity index (χ3v) is 3.35. The van der Waals surface area contributed by atoms with Crippen molar-refractivity contribution in [2.75, 3.05) is 40.8 Å². The van der Waals surface area contributed by atoms with Crippen LogP contribution in [0, 0.1) is 0 Å². The molecule has 0 aromatic heterocycles. The van der Waals surface area contributed by atoms with Crippen LogP contribution >= 0.6 is 0 Å². The van der Waals surface area contributed by atoms with Crippen molar-refractivity contribution in [1.29, 1.82) is 0 Å². The van der Waals surface area contributed by atoms with Gasteiger partial charge in [-0.3, -0.25) is 4.90 Å². The number of methoxy groups -OCH3 is 1. The van der Waals surface area contributed by atoms with Gasteiger partial charge in [0.25, 0.3) is 0 Å². The second kappa shape index (κ2) is 4.85. The van der Waals surface area contributed by atoms with Gasteiger partial charge in [-0.1, -0.05) is 18.2 Å². The molecule has 16 heavy (non-hydrogen) atoms. The molecule has 3 nitrogen and oxygen atoms in total. The molecule has 1 unspecified atom stereocenters. The number of para-hydroxylation sites is 1. The molecule has 0 N–H and O–H groups in total. The van der Waals surface area contributed by atoms with Gasteiger partial charge in [-0.05, 0) is 20.2 Å². The van der Waals surface area contributed by atoms with E-state index in [1.807, 2.05) is 12.1 Å². The van der Waals surface area contributed by atoms with Gasteiger partial charge in [-0.25, -0.2) is 0 Å². The lowest BCUT2D eigenvalue weighted by molar-refractivity contribution is 0.113. The van der Waals surface area contributed by atoms with Gasteiger partial charge in [-0.15, -0.1) is 0 Å². The molecule has 0 saturated carbocycles. The van der Waals surface area contributed by atoms with Crippen molar-refractivity contribution in [3.05, 3.63) is 29.8 Å². The van der Waals surface area contributed by atoms with Gasteiger partial charge in [0.2, 0.25) is 0 Å². The summed E-state index contributed by atoms with van der Waals surface area (Å²) in [6.07, 6.45) is 0. The summed E-state index contributed by atoms with van der Waals surface area (Å²) in [5.41, 5.74) is 1.29. The maximum atomic E-state index is 5.44. The molecule has 2 rings (SSSR count). The minimum Gasteiger partial charge on any atom is -0.496 e. The van der Waals surface area contributed by atoms with Crippen molar-refractivity contribution in [3.63, 3.8) is 0 Å². The lowest BCUT2D eigenvalue weighted by atomic mass is 10.0. The average Bonchev–Trinajstić information content (AvgIpc) is 2.32. The van der Waals surface area contributed by atoms with Crippen LogP contribution in [-0.2, 0) is 0 Å². The Labute approximate surface area is 97.6 Å². The molecule has 0 spiro atoms. The van der Waals surface area contributed by atoms with Crippen LogP contribution in [0.15, 0.2) is 24.3 Å². The monoisotopic (exact) mass is 220 g/mol. The molecule has 1 aromatic carbocycles. The highest BCUT2D eigenvalue weighted by Crippen LogP contribution is 2.30. The van der Waals surface area contributed by atoms with Gasteiger partial charge < -0.3 is 9.64 Å². The van der Waals surface area contributed by atoms with Crippen LogP contribution in [0.5, 0.6) is 5.75 Å². The van der Waals surface area contributed by atoms with E-state index >= 15 is 0 Å². The zero-order chi connectivity index (χ0) is 11.5. The first-order valence-electron chi connectivity index (χ1n) is 5.74. The van der Waals surface area contributed by atoms with E-state index in [-0.39, 0.29) is 0 Å². The molecule has 88 valence electrons. The van der Waals surface area contributed by atoms with E-state index in [0.29, 0.717) is 6.04 Å². The topological polar surface area (TPSA) is 15.7 Å². The fraction of sp³-hybridized carbons (Fsp3) is 0.538. The predicted octanol–water partition coefficient (Wildman–Crippen LogP) is 1.61. The summed E-state index contributed by atoms with van der Waals surface area (Å²) in [5, 5.41) is 0. The van der Waals surface area contributed by atoms with E-state index in [1.54, 1.807) is 7.11 Å². The van der Waals surface area contributed by atoms with Crippen LogP contribution in [-0.4, -0.2) is 50.6 Å². The summed E-state index contributed by atoms with van der Waals surface area (Å²) in [6, 6.07) is 8.75. The molecule has 1 saturated heterocycles. The molecule has 1 aliphatic heterocycles. The smallest absolute Gasteiger partial charge is 0.123 e. The molecule has 1 aliphatic rings. The molecule has 1 aromatic rings. The lowest BCUT2D eigenvalue weighted by Gasteiger charge is -2.38. The Kier molecular flexibility index (Phi) is 3.46. The minimum absolute atomic E-state index is 0.440. The highest BCUT2D eigenvalue weighted by atomic mass is 16.5. The SMILES string of the molecule is COc1ccccc1C1CN(C)CCN1C. The molecule has 0 aliphatic carbocycles. The third kappa shape index (κ3) is 2.20. The first-order chi connectivity index (χ1) is 7.72. The molecule has 0 radical (unpaired) electrons. The summed E-state index contributed by atoms with van der Waals surface area (Å²) in [4.78, 5) is 4.77. The zero-order valence-corrected chi connectivity index (χ0v) is 10.3. The van der Waals surface area contributed by atoms with Gasteiger partial charge in [0.15, 0.2) is 0 Å². The van der Waals surface area contributed by atoms with Crippen LogP contribution in [0.2, 0.25) is 0 Å². The van der Waals surface area contributed by atoms with Gasteiger partial charge in [0.05, 0.1) is 13.2 Å². The number of hydrogen-bond acceptors (Lipinski definition) is 3. The van der Waals surface area contributed by atoms with Gasteiger partial charge in [0.1, 0.15) is 5.75 Å². The van der Waals surface area contributed by atoms with E-state index < -0.39 is 0 Å². The molecule has 0 amide bonds. The Balaban J connectivity index is 2.27. The Morgan fingerprint density at radius 3 is 2.69 bits per heavy atom. The second-order valence-electron chi connectivity index (χ2n) is 4.50. The average molecular weight is 220 g/mol. The largest absolute Gasteiger partial charge is 0.496 e. The van der Waals surface area contributed by atoms with Crippen LogP contribution in [0.3, 0.4) is 0 Å². The molecule has 1 atom stereocenters. The quantitative estimate of drug-likeness (QED) is 0.753. The fourth-order valence-corrected chi connectivity index (χ4v) is 2.29. The molecule has 1 fully saturated rings. The summed E-state index contributed by atoms with van der Waals surface area (Å²) in [5.74, 6) is 0.995. The van der Waals surface area contributed by atoms with Crippen molar-refractivity contribution in [2.24, 2.45) is 0 Å². The standard InChI is InChI=1S/C13H20N2O/c1-14-8-9-15(2)12(10-14)11-6-4-5-7-13(11)16-3/h4-7,12H,8-10H2,1-3H3. The van der Waals surface area contributed by atoms with Gasteiger partial charge in [0, 0.05) is 25.2 Å². The maximum absolute atomic E-state index is 5.44. The van der Waals surface area contributed by atoms with E-state index in [0.717, 1.165) is 25.4 Å². The van der Waals surface area contributed by atoms with Crippen molar-refractivity contribution in [1.82, 2.24) is 9.80 Å². The summed E-state index contributed by atoms with van der Waals surface area (Å²) in [7, 11) is 6.10. The Bertz CT molecular complexity index is 354. The first kappa shape index (κ1) is 11.4. The first-order valence-corrected chi connectivity index (χ1v) is 5.74. The van der Waals surface area contributed by atoms with Crippen LogP contribution in [0.4, 0.5) is 0 Å². The molecule has 0 bridgehead atoms. The normalized spacial score (nSPS) is 23.3. The number of ether oxygens (including phenoxy) is 1. The summed E-state index contributed by atoms with van der Waals surface area (Å²) >= 11 is 0. The Hall–Kier alpha value is -1.06. The number of nitrogens with zero attached hydrogens (tertiary/aromatic N) is 2. The molecular weight excluding hydrogens is 200 g/mol. The summed E-state index contributed by atoms with van der Waals surface area (Å²) in [6.45, 7) is 3.32. The second-order valence-corrected chi connectivity index (χ2v) is 4.50. The van der Waals surface area contributed by atoms with Crippen molar-refractivity contribution in [3.8, 4) is 5.75 Å². The highest BCUT2D eigenvalue weighted by molar-refractivity contribution is 5.36. The zero-order valence-electron chi connectivity index (χ0n) is 10.3. The minimum atomic E-state index is 0.440. The fourth-order valence-electron chi connectivity index (χ4n) is 2.29. The number of benzene rings is 1. The maximum Gasteiger partial charge on any atom is 0.123 e. The molecule has 3 heteroatoms. The summed E-state index contributed by atoms with van der Waals surface area (Å²) < 4.78 is 5.44. The highest BCUT2D eigenvalue weighted by Gasteiger charge is 2.25. The molecule has 1 heterocycles. The number of likely N-dealkylation sites (N-methyl/N-ethyl adjacent to an activating group) is 2. The third-order valence-electron chi connectivity index (χ3n) is 3.35. The molecular formula is C13H20N2O. The number of hydrogen-bond donors (Lipinski definition) is 0. The van der Waals surface area contributed by atoms with Gasteiger partial charge >= 0.3 is 0 Å². The van der Waals surface area contributed by atoms with E-state index in [9.17, 15) is 0 Å². The predicted molar refractivity (Wildman–Crippen MR) is 65.9 cm³/mol. The van der Waals surface area contributed by atoms with E-state index in [2.05, 4.69) is 36.0 Å². The van der Waals surface area contributed by atoms with Crippen LogP contribution in [0.1, 0.15) is 11.6 Å². The number of rotatable bonds is 2. The van der Waals surface area contributed by atoms with Crippen LogP contribution < -0.4 is 4.74 Å². The van der Waals surface area contributed by atoms with Crippen molar-refractivity contribution >= 4 is 0 Å². The van der Waals surface area contributed by atoms with Crippen molar-refractivity contribution < 1.29 is 4.74 Å². The van der Waals surface area contributed by atoms with Crippen LogP contribution in [0.25, 0.3) is 0 Å². The lowest BCUT2D eigenvalue weighted by Crippen LogP contribution is -2.44. The van der Waals surface area contributed by atoms with Crippen molar-refractivity contribution in [2.45, 2.75) is 6.04 Å². The van der Waals surface area contributed by atoms with E-state index in [1.165, 1.54) is 5.56 Å². The Morgan fingerprint density at radius 1 is 1.19 bits per heavy atom. The van der Waals surface area contributed by atoms with Gasteiger partial charge in [-0.2, -0.15) is 0 Å².